The molecular weight excluding hydrogens is 390 g/mol. The van der Waals surface area contributed by atoms with Crippen molar-refractivity contribution in [3.63, 3.8) is 0 Å². The van der Waals surface area contributed by atoms with Crippen LogP contribution in [-0.4, -0.2) is 66.2 Å². The fourth-order valence-corrected chi connectivity index (χ4v) is 6.58. The molecule has 6 nitrogen and oxygen atoms in total. The Bertz CT molecular complexity index is 901. The molecule has 0 aliphatic carbocycles. The van der Waals surface area contributed by atoms with E-state index in [0.717, 1.165) is 63.8 Å². The van der Waals surface area contributed by atoms with Crippen molar-refractivity contribution in [1.82, 2.24) is 9.80 Å². The lowest BCUT2D eigenvalue weighted by Crippen LogP contribution is -2.55. The van der Waals surface area contributed by atoms with Crippen LogP contribution in [0.25, 0.3) is 0 Å². The average Bonchev–Trinajstić information content (AvgIpc) is 3.24. The first-order chi connectivity index (χ1) is 15.0. The third-order valence-electron chi connectivity index (χ3n) is 8.08. The molecule has 0 saturated carbocycles. The lowest BCUT2D eigenvalue weighted by atomic mass is 9.73. The topological polar surface area (TPSA) is 53.1 Å². The molecule has 1 spiro atoms. The van der Waals surface area contributed by atoms with Crippen LogP contribution in [0, 0.1) is 12.3 Å². The smallest absolute Gasteiger partial charge is 0.411 e. The van der Waals surface area contributed by atoms with Crippen molar-refractivity contribution in [2.24, 2.45) is 0 Å². The number of carbonyl (C=O) groups excluding carboxylic acids is 2. The van der Waals surface area contributed by atoms with E-state index in [2.05, 4.69) is 29.0 Å². The Labute approximate surface area is 184 Å². The highest BCUT2D eigenvalue weighted by Gasteiger charge is 2.49. The summed E-state index contributed by atoms with van der Waals surface area (Å²) < 4.78 is 5.22. The number of para-hydroxylation sites is 1. The summed E-state index contributed by atoms with van der Waals surface area (Å²) in [5.41, 5.74) is 2.52. The molecule has 31 heavy (non-hydrogen) atoms. The maximum absolute atomic E-state index is 12.4. The van der Waals surface area contributed by atoms with Gasteiger partial charge in [0.2, 0.25) is 5.91 Å². The van der Waals surface area contributed by atoms with Gasteiger partial charge in [-0.2, -0.15) is 0 Å². The van der Waals surface area contributed by atoms with E-state index in [1.165, 1.54) is 5.56 Å². The molecule has 164 valence electrons. The number of ether oxygens (including phenoxy) is 1. The van der Waals surface area contributed by atoms with Gasteiger partial charge < -0.3 is 19.4 Å². The van der Waals surface area contributed by atoms with Crippen molar-refractivity contribution in [2.75, 3.05) is 31.1 Å². The summed E-state index contributed by atoms with van der Waals surface area (Å²) in [7, 11) is 0. The van der Waals surface area contributed by atoms with Crippen LogP contribution < -0.4 is 4.90 Å². The zero-order valence-corrected chi connectivity index (χ0v) is 18.3. The molecular formula is C25H31N3O3. The van der Waals surface area contributed by atoms with Gasteiger partial charge in [-0.05, 0) is 63.2 Å². The minimum Gasteiger partial charge on any atom is -0.436 e. The normalized spacial score (nSPS) is 29.0. The third kappa shape index (κ3) is 3.40. The summed E-state index contributed by atoms with van der Waals surface area (Å²) in [4.78, 5) is 31.2. The van der Waals surface area contributed by atoms with E-state index in [4.69, 9.17) is 11.2 Å². The van der Waals surface area contributed by atoms with E-state index >= 15 is 0 Å². The van der Waals surface area contributed by atoms with Crippen molar-refractivity contribution >= 4 is 17.7 Å². The molecule has 3 saturated heterocycles. The number of likely N-dealkylation sites (tertiary alicyclic amines) is 1. The highest BCUT2D eigenvalue weighted by atomic mass is 16.6. The van der Waals surface area contributed by atoms with Gasteiger partial charge in [0.1, 0.15) is 0 Å². The van der Waals surface area contributed by atoms with E-state index in [0.29, 0.717) is 6.04 Å². The van der Waals surface area contributed by atoms with Crippen molar-refractivity contribution in [3.8, 4) is 12.3 Å². The second kappa shape index (κ2) is 7.87. The molecule has 5 rings (SSSR count). The van der Waals surface area contributed by atoms with Crippen LogP contribution in [0.5, 0.6) is 0 Å². The second-order valence-electron chi connectivity index (χ2n) is 9.61. The van der Waals surface area contributed by atoms with Crippen LogP contribution in [0.3, 0.4) is 0 Å². The molecule has 0 radical (unpaired) electrons. The summed E-state index contributed by atoms with van der Waals surface area (Å²) in [6.07, 6.45) is 11.3. The number of amides is 2. The molecule has 6 heteroatoms. The SMILES string of the molecule is C#CCOC(=O)N1C2CCC1CC(N1CCC3(CC1)CN(C(C)=O)c1ccccc13)C2. The van der Waals surface area contributed by atoms with Crippen LogP contribution >= 0.6 is 0 Å². The van der Waals surface area contributed by atoms with E-state index in [9.17, 15) is 9.59 Å². The first kappa shape index (κ1) is 20.4. The highest BCUT2D eigenvalue weighted by molar-refractivity contribution is 5.94. The standard InChI is InChI=1S/C25H31N3O3/c1-3-14-31-24(30)28-19-8-9-20(28)16-21(15-19)26-12-10-25(11-13-26)17-27(18(2)29)23-7-5-4-6-22(23)25/h1,4-7,19-21H,8-17H2,2H3. The quantitative estimate of drug-likeness (QED) is 0.689. The molecule has 2 atom stereocenters. The van der Waals surface area contributed by atoms with Crippen molar-refractivity contribution in [3.05, 3.63) is 29.8 Å². The Morgan fingerprint density at radius 2 is 1.81 bits per heavy atom. The number of terminal acetylenes is 1. The molecule has 4 aliphatic heterocycles. The Balaban J connectivity index is 1.25. The van der Waals surface area contributed by atoms with Gasteiger partial charge in [-0.1, -0.05) is 24.1 Å². The molecule has 1 aromatic carbocycles. The van der Waals surface area contributed by atoms with Gasteiger partial charge in [-0.3, -0.25) is 4.79 Å². The fourth-order valence-electron chi connectivity index (χ4n) is 6.58. The fraction of sp³-hybridized carbons (Fsp3) is 0.600. The molecule has 1 aromatic rings. The molecule has 3 fully saturated rings. The third-order valence-corrected chi connectivity index (χ3v) is 8.08. The molecule has 4 aliphatic rings. The summed E-state index contributed by atoms with van der Waals surface area (Å²) in [5, 5.41) is 0. The number of fused-ring (bicyclic) bond motifs is 4. The summed E-state index contributed by atoms with van der Waals surface area (Å²) in [6.45, 7) is 4.62. The van der Waals surface area contributed by atoms with E-state index in [-0.39, 0.29) is 36.1 Å². The van der Waals surface area contributed by atoms with E-state index < -0.39 is 0 Å². The van der Waals surface area contributed by atoms with Gasteiger partial charge in [0.25, 0.3) is 0 Å². The molecule has 0 aromatic heterocycles. The van der Waals surface area contributed by atoms with Crippen LogP contribution in [0.2, 0.25) is 0 Å². The number of benzene rings is 1. The van der Waals surface area contributed by atoms with Gasteiger partial charge in [-0.15, -0.1) is 6.42 Å². The predicted octanol–water partition coefficient (Wildman–Crippen LogP) is 3.15. The summed E-state index contributed by atoms with van der Waals surface area (Å²) >= 11 is 0. The van der Waals surface area contributed by atoms with E-state index in [1.807, 2.05) is 15.9 Å². The van der Waals surface area contributed by atoms with Gasteiger partial charge in [0, 0.05) is 42.7 Å². The number of anilines is 1. The van der Waals surface area contributed by atoms with E-state index in [1.54, 1.807) is 6.92 Å². The van der Waals surface area contributed by atoms with Crippen LogP contribution in [0.15, 0.2) is 24.3 Å². The lowest BCUT2D eigenvalue weighted by molar-refractivity contribution is -0.116. The average molecular weight is 422 g/mol. The Morgan fingerprint density at radius 1 is 1.13 bits per heavy atom. The number of piperidine rings is 2. The predicted molar refractivity (Wildman–Crippen MR) is 119 cm³/mol. The van der Waals surface area contributed by atoms with Gasteiger partial charge >= 0.3 is 6.09 Å². The molecule has 2 unspecified atom stereocenters. The number of nitrogens with zero attached hydrogens (tertiary/aromatic N) is 3. The summed E-state index contributed by atoms with van der Waals surface area (Å²) in [6, 6.07) is 9.49. The van der Waals surface area contributed by atoms with Crippen molar-refractivity contribution < 1.29 is 14.3 Å². The van der Waals surface area contributed by atoms with Crippen LogP contribution in [-0.2, 0) is 14.9 Å². The summed E-state index contributed by atoms with van der Waals surface area (Å²) in [5.74, 6) is 2.52. The van der Waals surface area contributed by atoms with Crippen LogP contribution in [0.4, 0.5) is 10.5 Å². The van der Waals surface area contributed by atoms with Gasteiger partial charge in [0.05, 0.1) is 0 Å². The Morgan fingerprint density at radius 3 is 2.45 bits per heavy atom. The molecule has 0 N–H and O–H groups in total. The maximum Gasteiger partial charge on any atom is 0.411 e. The second-order valence-corrected chi connectivity index (χ2v) is 9.61. The van der Waals surface area contributed by atoms with Gasteiger partial charge in [0.15, 0.2) is 6.61 Å². The number of hydrogen-bond acceptors (Lipinski definition) is 4. The monoisotopic (exact) mass is 421 g/mol. The van der Waals surface area contributed by atoms with Crippen molar-refractivity contribution in [1.29, 1.82) is 0 Å². The maximum atomic E-state index is 12.4. The Hall–Kier alpha value is -2.52. The first-order valence-corrected chi connectivity index (χ1v) is 11.5. The van der Waals surface area contributed by atoms with Crippen molar-refractivity contribution in [2.45, 2.75) is 69.0 Å². The minimum absolute atomic E-state index is 0.0468. The van der Waals surface area contributed by atoms with Crippen LogP contribution in [0.1, 0.15) is 51.0 Å². The molecule has 2 amide bonds. The zero-order chi connectivity index (χ0) is 21.6. The largest absolute Gasteiger partial charge is 0.436 e. The minimum atomic E-state index is -0.242. The first-order valence-electron chi connectivity index (χ1n) is 11.5. The molecule has 2 bridgehead atoms. The Kier molecular flexibility index (Phi) is 5.18. The highest BCUT2D eigenvalue weighted by Crippen LogP contribution is 2.48. The number of rotatable bonds is 2. The molecule has 4 heterocycles. The number of carbonyl (C=O) groups is 2. The zero-order valence-electron chi connectivity index (χ0n) is 18.3. The lowest BCUT2D eigenvalue weighted by Gasteiger charge is -2.47. The number of hydrogen-bond donors (Lipinski definition) is 0. The van der Waals surface area contributed by atoms with Gasteiger partial charge in [-0.25, -0.2) is 4.79 Å².